The van der Waals surface area contributed by atoms with Gasteiger partial charge in [-0.15, -0.1) is 0 Å². The second-order valence-corrected chi connectivity index (χ2v) is 11.7. The topological polar surface area (TPSA) is 49.9 Å². The molecule has 2 saturated heterocycles. The van der Waals surface area contributed by atoms with Gasteiger partial charge in [0.1, 0.15) is 5.41 Å². The van der Waals surface area contributed by atoms with Crippen LogP contribution in [0.15, 0.2) is 24.3 Å². The van der Waals surface area contributed by atoms with Gasteiger partial charge in [-0.05, 0) is 87.0 Å². The van der Waals surface area contributed by atoms with E-state index in [1.165, 1.54) is 11.0 Å². The van der Waals surface area contributed by atoms with Gasteiger partial charge < -0.3 is 14.5 Å². The Bertz CT molecular complexity index is 1080. The second-order valence-electron chi connectivity index (χ2n) is 11.7. The fraction of sp³-hybridized carbons (Fsp3) is 0.667. The number of amides is 2. The quantitative estimate of drug-likeness (QED) is 0.387. The molecule has 0 radical (unpaired) electrons. The molecular formula is C30H38F4N2O3. The molecule has 1 atom stereocenters. The molecule has 9 heteroatoms. The molecule has 4 aliphatic rings. The number of hydrogen-bond acceptors (Lipinski definition) is 3. The predicted molar refractivity (Wildman–Crippen MR) is 139 cm³/mol. The van der Waals surface area contributed by atoms with Crippen molar-refractivity contribution >= 4 is 17.4 Å². The Hall–Kier alpha value is -2.58. The normalized spacial score (nSPS) is 24.1. The Morgan fingerprint density at radius 3 is 2.23 bits per heavy atom. The molecule has 39 heavy (non-hydrogen) atoms. The van der Waals surface area contributed by atoms with Crippen LogP contribution in [0.2, 0.25) is 0 Å². The fourth-order valence-electron chi connectivity index (χ4n) is 6.74. The number of halogens is 4. The van der Waals surface area contributed by atoms with Crippen LogP contribution in [-0.2, 0) is 9.59 Å². The van der Waals surface area contributed by atoms with Crippen molar-refractivity contribution in [2.45, 2.75) is 76.8 Å². The van der Waals surface area contributed by atoms with Gasteiger partial charge in [0.05, 0.1) is 6.61 Å². The Labute approximate surface area is 227 Å². The lowest BCUT2D eigenvalue weighted by atomic mass is 9.82. The number of nitrogens with zero attached hydrogens (tertiary/aromatic N) is 2. The van der Waals surface area contributed by atoms with E-state index in [2.05, 4.69) is 6.08 Å². The molecule has 3 fully saturated rings. The van der Waals surface area contributed by atoms with Gasteiger partial charge in [0.25, 0.3) is 0 Å². The van der Waals surface area contributed by atoms with Crippen molar-refractivity contribution in [3.63, 3.8) is 0 Å². The molecule has 0 N–H and O–H groups in total. The number of alkyl halides is 3. The Balaban J connectivity index is 1.11. The van der Waals surface area contributed by atoms with Crippen LogP contribution in [0.25, 0.3) is 5.57 Å². The Morgan fingerprint density at radius 1 is 0.949 bits per heavy atom. The number of carbonyl (C=O) groups excluding carboxylic acids is 2. The molecule has 1 saturated carbocycles. The summed E-state index contributed by atoms with van der Waals surface area (Å²) in [4.78, 5) is 28.9. The summed E-state index contributed by atoms with van der Waals surface area (Å²) in [6.45, 7) is 2.50. The van der Waals surface area contributed by atoms with Crippen LogP contribution in [-0.4, -0.2) is 60.6 Å². The first kappa shape index (κ1) is 28.0. The summed E-state index contributed by atoms with van der Waals surface area (Å²) in [6.07, 6.45) is 3.54. The third-order valence-electron chi connectivity index (χ3n) is 9.27. The van der Waals surface area contributed by atoms with E-state index < -0.39 is 23.3 Å². The predicted octanol–water partition coefficient (Wildman–Crippen LogP) is 6.37. The minimum Gasteiger partial charge on any atom is -0.490 e. The zero-order valence-electron chi connectivity index (χ0n) is 22.4. The molecule has 5 nitrogen and oxygen atoms in total. The summed E-state index contributed by atoms with van der Waals surface area (Å²) in [7, 11) is 0. The third-order valence-corrected chi connectivity index (χ3v) is 9.27. The summed E-state index contributed by atoms with van der Waals surface area (Å²) >= 11 is 0. The average Bonchev–Trinajstić information content (AvgIpc) is 3.65. The maximum atomic E-state index is 14.9. The lowest BCUT2D eigenvalue weighted by molar-refractivity contribution is -0.226. The average molecular weight is 551 g/mol. The maximum absolute atomic E-state index is 14.9. The van der Waals surface area contributed by atoms with Crippen molar-refractivity contribution in [1.82, 2.24) is 9.80 Å². The van der Waals surface area contributed by atoms with Crippen LogP contribution in [0, 0.1) is 23.1 Å². The molecular weight excluding hydrogens is 512 g/mol. The van der Waals surface area contributed by atoms with E-state index >= 15 is 0 Å². The molecule has 0 aromatic heterocycles. The van der Waals surface area contributed by atoms with Gasteiger partial charge in [0.2, 0.25) is 11.8 Å². The van der Waals surface area contributed by atoms with Crippen LogP contribution in [0.5, 0.6) is 5.75 Å². The molecule has 2 aliphatic carbocycles. The number of piperidine rings is 1. The van der Waals surface area contributed by atoms with Crippen molar-refractivity contribution < 1.29 is 31.9 Å². The number of ether oxygens (including phenoxy) is 1. The van der Waals surface area contributed by atoms with Crippen LogP contribution in [0.3, 0.4) is 0 Å². The molecule has 2 amide bonds. The van der Waals surface area contributed by atoms with E-state index in [4.69, 9.17) is 4.74 Å². The van der Waals surface area contributed by atoms with Crippen molar-refractivity contribution in [3.05, 3.63) is 35.7 Å². The number of rotatable bonds is 6. The zero-order chi connectivity index (χ0) is 27.6. The molecule has 2 heterocycles. The SMILES string of the molecule is O=C(C1CC=C(c2ccc(OCC3CCN(C(=O)C4(C(F)(F)F)CCCC4)CC3)c(F)c2)CC1)N1CCCC1. The first-order valence-electron chi connectivity index (χ1n) is 14.4. The van der Waals surface area contributed by atoms with Gasteiger partial charge in [-0.3, -0.25) is 9.59 Å². The smallest absolute Gasteiger partial charge is 0.403 e. The highest BCUT2D eigenvalue weighted by molar-refractivity contribution is 5.84. The lowest BCUT2D eigenvalue weighted by Gasteiger charge is -2.39. The maximum Gasteiger partial charge on any atom is 0.403 e. The fourth-order valence-corrected chi connectivity index (χ4v) is 6.74. The summed E-state index contributed by atoms with van der Waals surface area (Å²) < 4.78 is 62.0. The van der Waals surface area contributed by atoms with Crippen LogP contribution in [0.4, 0.5) is 17.6 Å². The molecule has 1 unspecified atom stereocenters. The summed E-state index contributed by atoms with van der Waals surface area (Å²) in [5.74, 6) is -0.784. The number of allylic oxidation sites excluding steroid dienone is 2. The Morgan fingerprint density at radius 2 is 1.64 bits per heavy atom. The minimum absolute atomic E-state index is 0.0122. The molecule has 214 valence electrons. The van der Waals surface area contributed by atoms with E-state index in [1.54, 1.807) is 6.07 Å². The first-order valence-corrected chi connectivity index (χ1v) is 14.4. The van der Waals surface area contributed by atoms with Gasteiger partial charge >= 0.3 is 6.18 Å². The van der Waals surface area contributed by atoms with E-state index in [1.807, 2.05) is 11.0 Å². The monoisotopic (exact) mass is 550 g/mol. The highest BCUT2D eigenvalue weighted by atomic mass is 19.4. The third kappa shape index (κ3) is 5.82. The summed E-state index contributed by atoms with van der Waals surface area (Å²) in [5.41, 5.74) is -0.384. The molecule has 0 bridgehead atoms. The van der Waals surface area contributed by atoms with Crippen LogP contribution >= 0.6 is 0 Å². The van der Waals surface area contributed by atoms with Crippen molar-refractivity contribution in [2.75, 3.05) is 32.8 Å². The molecule has 1 aromatic carbocycles. The van der Waals surface area contributed by atoms with Gasteiger partial charge in [0, 0.05) is 32.1 Å². The molecule has 2 aliphatic heterocycles. The van der Waals surface area contributed by atoms with Crippen molar-refractivity contribution in [1.29, 1.82) is 0 Å². The highest BCUT2D eigenvalue weighted by Crippen LogP contribution is 2.52. The minimum atomic E-state index is -4.52. The van der Waals surface area contributed by atoms with E-state index in [-0.39, 0.29) is 56.0 Å². The van der Waals surface area contributed by atoms with Gasteiger partial charge in [-0.2, -0.15) is 13.2 Å². The van der Waals surface area contributed by atoms with E-state index in [9.17, 15) is 27.2 Å². The summed E-state index contributed by atoms with van der Waals surface area (Å²) in [5, 5.41) is 0. The second kappa shape index (κ2) is 11.5. The van der Waals surface area contributed by atoms with Gasteiger partial charge in [0.15, 0.2) is 11.6 Å². The van der Waals surface area contributed by atoms with Crippen molar-refractivity contribution in [3.8, 4) is 5.75 Å². The Kier molecular flexibility index (Phi) is 8.24. The highest BCUT2D eigenvalue weighted by Gasteiger charge is 2.62. The van der Waals surface area contributed by atoms with E-state index in [0.29, 0.717) is 32.1 Å². The number of hydrogen-bond donors (Lipinski definition) is 0. The van der Waals surface area contributed by atoms with E-state index in [0.717, 1.165) is 49.9 Å². The largest absolute Gasteiger partial charge is 0.490 e. The lowest BCUT2D eigenvalue weighted by Crippen LogP contribution is -2.53. The number of likely N-dealkylation sites (tertiary alicyclic amines) is 2. The molecule has 0 spiro atoms. The molecule has 1 aromatic rings. The van der Waals surface area contributed by atoms with Crippen LogP contribution in [0.1, 0.15) is 76.2 Å². The van der Waals surface area contributed by atoms with Crippen LogP contribution < -0.4 is 4.74 Å². The first-order chi connectivity index (χ1) is 18.7. The molecule has 5 rings (SSSR count). The van der Waals surface area contributed by atoms with Crippen molar-refractivity contribution in [2.24, 2.45) is 17.3 Å². The zero-order valence-corrected chi connectivity index (χ0v) is 22.4. The van der Waals surface area contributed by atoms with Gasteiger partial charge in [-0.1, -0.05) is 25.0 Å². The standard InChI is InChI=1S/C30H38F4N2O3/c31-25-19-24(22-5-7-23(8-6-22)27(37)35-15-3-4-16-35)9-10-26(25)39-20-21-11-17-36(18-12-21)28(38)29(30(32,33)34)13-1-2-14-29/h5,9-10,19,21,23H,1-4,6-8,11-18,20H2. The summed E-state index contributed by atoms with van der Waals surface area (Å²) in [6, 6.07) is 4.94. The number of benzene rings is 1. The number of carbonyl (C=O) groups is 2. The van der Waals surface area contributed by atoms with Gasteiger partial charge in [-0.25, -0.2) is 4.39 Å².